The Morgan fingerprint density at radius 1 is 1.12 bits per heavy atom. The van der Waals surface area contributed by atoms with Gasteiger partial charge in [0, 0.05) is 5.49 Å². The summed E-state index contributed by atoms with van der Waals surface area (Å²) in [6.45, 7) is 0. The Balaban J connectivity index is 2.09. The number of carbonyl (C=O) groups excluding carboxylic acids is 1. The Morgan fingerprint density at radius 2 is 1.75 bits per heavy atom. The average molecular weight is 355 g/mol. The lowest BCUT2D eigenvalue weighted by Crippen LogP contribution is -2.28. The van der Waals surface area contributed by atoms with Gasteiger partial charge in [-0.3, -0.25) is 5.32 Å². The summed E-state index contributed by atoms with van der Waals surface area (Å²) in [5.41, 5.74) is 1.66. The van der Waals surface area contributed by atoms with Crippen molar-refractivity contribution in [1.82, 2.24) is 5.32 Å². The molecule has 0 saturated carbocycles. The van der Waals surface area contributed by atoms with E-state index in [9.17, 15) is 18.0 Å². The number of hydrogen-bond acceptors (Lipinski definition) is 2. The predicted octanol–water partition coefficient (Wildman–Crippen LogP) is 3.79. The van der Waals surface area contributed by atoms with Crippen molar-refractivity contribution < 1.29 is 22.7 Å². The zero-order chi connectivity index (χ0) is 17.6. The first-order valence-electron chi connectivity index (χ1n) is 7.00. The third kappa shape index (κ3) is 4.94. The van der Waals surface area contributed by atoms with Crippen molar-refractivity contribution in [3.05, 3.63) is 65.7 Å². The van der Waals surface area contributed by atoms with Crippen LogP contribution in [0.4, 0.5) is 13.2 Å². The van der Waals surface area contributed by atoms with E-state index in [2.05, 4.69) is 5.32 Å². The highest BCUT2D eigenvalue weighted by molar-refractivity contribution is 7.97. The molecule has 1 unspecified atom stereocenters. The quantitative estimate of drug-likeness (QED) is 0.487. The number of methoxy groups -OCH3 is 1. The van der Waals surface area contributed by atoms with Gasteiger partial charge in [-0.05, 0) is 34.7 Å². The maximum Gasteiger partial charge on any atom is 0.416 e. The molecule has 2 aromatic carbocycles. The largest absolute Gasteiger partial charge is 0.468 e. The summed E-state index contributed by atoms with van der Waals surface area (Å²) < 4.78 is 42.3. The summed E-state index contributed by atoms with van der Waals surface area (Å²) in [5, 5.41) is 2.95. The van der Waals surface area contributed by atoms with E-state index in [0.717, 1.165) is 17.7 Å². The number of halogens is 3. The Hall–Kier alpha value is -2.12. The molecule has 1 N–H and O–H groups in total. The van der Waals surface area contributed by atoms with Gasteiger partial charge in [-0.15, -0.1) is 0 Å². The fourth-order valence-corrected chi connectivity index (χ4v) is 2.68. The normalized spacial score (nSPS) is 13.3. The maximum atomic E-state index is 12.5. The molecule has 0 fully saturated rings. The number of thiol groups is 1. The molecular formula is C17H16F3NO2S. The summed E-state index contributed by atoms with van der Waals surface area (Å²) in [4.78, 5) is 12.6. The van der Waals surface area contributed by atoms with Crippen molar-refractivity contribution in [2.75, 3.05) is 7.11 Å². The van der Waals surface area contributed by atoms with Gasteiger partial charge in [0.15, 0.2) is 0 Å². The van der Waals surface area contributed by atoms with E-state index in [0.29, 0.717) is 16.2 Å². The van der Waals surface area contributed by atoms with E-state index < -0.39 is 23.8 Å². The monoisotopic (exact) mass is 355 g/mol. The summed E-state index contributed by atoms with van der Waals surface area (Å²) in [5.74, 6) is -0.444. The van der Waals surface area contributed by atoms with Crippen LogP contribution in [-0.2, 0) is 15.7 Å². The van der Waals surface area contributed by atoms with Crippen LogP contribution >= 0.6 is 11.4 Å². The minimum atomic E-state index is -4.35. The number of alkyl halides is 3. The molecule has 0 aliphatic carbocycles. The van der Waals surface area contributed by atoms with Crippen LogP contribution in [0.25, 0.3) is 0 Å². The van der Waals surface area contributed by atoms with Crippen molar-refractivity contribution >= 4 is 22.8 Å². The van der Waals surface area contributed by atoms with Gasteiger partial charge in [0.1, 0.15) is 6.04 Å². The molecule has 0 aliphatic heterocycles. The van der Waals surface area contributed by atoms with Gasteiger partial charge in [0.2, 0.25) is 0 Å². The molecule has 0 saturated heterocycles. The van der Waals surface area contributed by atoms with Gasteiger partial charge >= 0.3 is 12.1 Å². The molecule has 2 aromatic rings. The minimum absolute atomic E-state index is 0.444. The number of hydrogen-bond donors (Lipinski definition) is 2. The highest BCUT2D eigenvalue weighted by Crippen LogP contribution is 2.29. The van der Waals surface area contributed by atoms with Crippen molar-refractivity contribution in [3.8, 4) is 0 Å². The number of benzene rings is 2. The summed E-state index contributed by atoms with van der Waals surface area (Å²) in [6.07, 6.45) is -4.35. The van der Waals surface area contributed by atoms with Gasteiger partial charge in [-0.25, -0.2) is 4.79 Å². The van der Waals surface area contributed by atoms with Gasteiger partial charge in [0.25, 0.3) is 0 Å². The first kappa shape index (κ1) is 18.2. The Kier molecular flexibility index (Phi) is 6.16. The van der Waals surface area contributed by atoms with Crippen LogP contribution < -0.4 is 5.32 Å². The van der Waals surface area contributed by atoms with E-state index in [1.807, 2.05) is 6.07 Å². The van der Waals surface area contributed by atoms with Gasteiger partial charge in [0.05, 0.1) is 12.7 Å². The van der Waals surface area contributed by atoms with Crippen molar-refractivity contribution in [3.63, 3.8) is 0 Å². The van der Waals surface area contributed by atoms with Crippen LogP contribution in [0.1, 0.15) is 17.2 Å². The highest BCUT2D eigenvalue weighted by atomic mass is 32.1. The second-order valence-corrected chi connectivity index (χ2v) is 5.87. The molecule has 0 amide bonds. The fraction of sp³-hybridized carbons (Fsp3) is 0.176. The summed E-state index contributed by atoms with van der Waals surface area (Å²) >= 11 is 0.642. The van der Waals surface area contributed by atoms with Crippen molar-refractivity contribution in [1.29, 1.82) is 0 Å². The Bertz CT molecular complexity index is 700. The van der Waals surface area contributed by atoms with Crippen LogP contribution in [0.3, 0.4) is 0 Å². The smallest absolute Gasteiger partial charge is 0.416 e. The van der Waals surface area contributed by atoms with Crippen LogP contribution in [0.15, 0.2) is 59.5 Å². The molecule has 0 radical (unpaired) electrons. The fourth-order valence-electron chi connectivity index (χ4n) is 1.99. The Labute approximate surface area is 141 Å². The molecule has 3 nitrogen and oxygen atoms in total. The van der Waals surface area contributed by atoms with Crippen LogP contribution in [0.5, 0.6) is 0 Å². The Morgan fingerprint density at radius 3 is 2.29 bits per heavy atom. The molecule has 0 bridgehead atoms. The standard InChI is InChI=1S/C17H16F3NO2S/c1-23-16(22)15(12-5-3-2-4-6-12)21-11-24-14-9-7-13(8-10-14)17(18,19)20/h2-11,15,21,24H,1H3. The molecule has 0 heterocycles. The first-order chi connectivity index (χ1) is 11.4. The molecule has 0 spiro atoms. The van der Waals surface area contributed by atoms with Crippen LogP contribution in [0, 0.1) is 0 Å². The third-order valence-electron chi connectivity index (χ3n) is 3.22. The van der Waals surface area contributed by atoms with E-state index in [1.165, 1.54) is 19.2 Å². The van der Waals surface area contributed by atoms with E-state index in [-0.39, 0.29) is 0 Å². The minimum Gasteiger partial charge on any atom is -0.468 e. The SMILES string of the molecule is COC(=O)C(NC=[SH]c1ccc(C(F)(F)F)cc1)c1ccccc1. The zero-order valence-electron chi connectivity index (χ0n) is 12.7. The zero-order valence-corrected chi connectivity index (χ0v) is 13.6. The van der Waals surface area contributed by atoms with E-state index >= 15 is 0 Å². The molecule has 0 aliphatic rings. The lowest BCUT2D eigenvalue weighted by atomic mass is 10.1. The molecule has 7 heteroatoms. The third-order valence-corrected chi connectivity index (χ3v) is 4.09. The number of nitrogens with one attached hydrogen (secondary N) is 1. The summed E-state index contributed by atoms with van der Waals surface area (Å²) in [6, 6.07) is 13.2. The second kappa shape index (κ2) is 8.12. The topological polar surface area (TPSA) is 38.3 Å². The lowest BCUT2D eigenvalue weighted by molar-refractivity contribution is -0.142. The molecule has 24 heavy (non-hydrogen) atoms. The molecular weight excluding hydrogens is 339 g/mol. The second-order valence-electron chi connectivity index (χ2n) is 4.84. The van der Waals surface area contributed by atoms with Gasteiger partial charge < -0.3 is 4.74 Å². The lowest BCUT2D eigenvalue weighted by Gasteiger charge is -2.14. The molecule has 0 aromatic heterocycles. The van der Waals surface area contributed by atoms with Crippen molar-refractivity contribution in [2.45, 2.75) is 17.1 Å². The van der Waals surface area contributed by atoms with Crippen molar-refractivity contribution in [2.24, 2.45) is 0 Å². The highest BCUT2D eigenvalue weighted by Gasteiger charge is 2.29. The van der Waals surface area contributed by atoms with Crippen LogP contribution in [-0.4, -0.2) is 18.6 Å². The van der Waals surface area contributed by atoms with Crippen LogP contribution in [0.2, 0.25) is 0 Å². The first-order valence-corrected chi connectivity index (χ1v) is 7.97. The number of ether oxygens (including phenoxy) is 1. The number of esters is 1. The molecule has 1 atom stereocenters. The van der Waals surface area contributed by atoms with Gasteiger partial charge in [-0.2, -0.15) is 24.5 Å². The maximum absolute atomic E-state index is 12.5. The summed E-state index contributed by atoms with van der Waals surface area (Å²) in [7, 11) is 1.30. The van der Waals surface area contributed by atoms with E-state index in [1.54, 1.807) is 29.8 Å². The predicted molar refractivity (Wildman–Crippen MR) is 89.1 cm³/mol. The number of rotatable bonds is 5. The molecule has 128 valence electrons. The molecule has 2 rings (SSSR count). The average Bonchev–Trinajstić information content (AvgIpc) is 2.58. The van der Waals surface area contributed by atoms with E-state index in [4.69, 9.17) is 4.74 Å². The number of carbonyl (C=O) groups is 1. The van der Waals surface area contributed by atoms with Gasteiger partial charge in [-0.1, -0.05) is 30.3 Å².